The maximum absolute atomic E-state index is 12.2. The molecule has 1 aliphatic rings. The lowest BCUT2D eigenvalue weighted by Gasteiger charge is -2.30. The average molecular weight is 497 g/mol. The van der Waals surface area contributed by atoms with Gasteiger partial charge >= 0.3 is 5.97 Å². The van der Waals surface area contributed by atoms with Gasteiger partial charge in [0.1, 0.15) is 0 Å². The van der Waals surface area contributed by atoms with Gasteiger partial charge in [-0.25, -0.2) is 13.8 Å². The van der Waals surface area contributed by atoms with E-state index in [1.165, 1.54) is 29.1 Å². The highest BCUT2D eigenvalue weighted by Crippen LogP contribution is 2.44. The fourth-order valence-corrected chi connectivity index (χ4v) is 5.81. The fourth-order valence-electron chi connectivity index (χ4n) is 4.16. The summed E-state index contributed by atoms with van der Waals surface area (Å²) in [6.07, 6.45) is 8.96. The van der Waals surface area contributed by atoms with E-state index in [-0.39, 0.29) is 5.97 Å². The predicted octanol–water partition coefficient (Wildman–Crippen LogP) is 6.42. The van der Waals surface area contributed by atoms with Crippen LogP contribution in [0.15, 0.2) is 64.6 Å². The molecule has 1 aliphatic heterocycles. The van der Waals surface area contributed by atoms with Gasteiger partial charge in [-0.3, -0.25) is 0 Å². The number of hydrogen-bond acceptors (Lipinski definition) is 7. The van der Waals surface area contributed by atoms with Crippen LogP contribution in [0.2, 0.25) is 0 Å². The van der Waals surface area contributed by atoms with Crippen molar-refractivity contribution in [2.75, 3.05) is 31.4 Å². The van der Waals surface area contributed by atoms with Crippen LogP contribution < -0.4 is 4.90 Å². The van der Waals surface area contributed by atoms with Crippen molar-refractivity contribution in [1.82, 2.24) is 14.1 Å². The Morgan fingerprint density at radius 1 is 1.21 bits per heavy atom. The molecule has 2 heterocycles. The van der Waals surface area contributed by atoms with Crippen LogP contribution in [0.1, 0.15) is 43.5 Å². The monoisotopic (exact) mass is 496 g/mol. The molecule has 180 valence electrons. The topological polar surface area (TPSA) is 50.6 Å². The molecule has 0 N–H and O–H groups in total. The Bertz CT molecular complexity index is 1120. The zero-order valence-electron chi connectivity index (χ0n) is 20.2. The van der Waals surface area contributed by atoms with Crippen molar-refractivity contribution in [2.45, 2.75) is 48.9 Å². The number of anilines is 2. The van der Waals surface area contributed by atoms with Crippen molar-refractivity contribution in [3.63, 3.8) is 0 Å². The van der Waals surface area contributed by atoms with Gasteiger partial charge in [0.2, 0.25) is 0 Å². The first-order valence-electron chi connectivity index (χ1n) is 11.7. The van der Waals surface area contributed by atoms with Gasteiger partial charge in [0, 0.05) is 34.3 Å². The third-order valence-corrected chi connectivity index (χ3v) is 7.88. The van der Waals surface area contributed by atoms with Crippen LogP contribution in [0.4, 0.5) is 11.4 Å². The normalized spacial score (nSPS) is 16.2. The van der Waals surface area contributed by atoms with E-state index in [1.807, 2.05) is 0 Å². The third kappa shape index (κ3) is 5.29. The molecular weight excluding hydrogens is 464 g/mol. The average Bonchev–Trinajstić information content (AvgIpc) is 3.30. The van der Waals surface area contributed by atoms with Gasteiger partial charge in [0.05, 0.1) is 29.7 Å². The second-order valence-corrected chi connectivity index (χ2v) is 10.3. The first-order chi connectivity index (χ1) is 16.5. The molecule has 0 radical (unpaired) electrons. The Kier molecular flexibility index (Phi) is 8.24. The highest BCUT2D eigenvalue weighted by molar-refractivity contribution is 7.98. The number of esters is 1. The molecule has 4 rings (SSSR count). The molecule has 2 aromatic carbocycles. The summed E-state index contributed by atoms with van der Waals surface area (Å²) in [5, 5.41) is 4.49. The molecule has 34 heavy (non-hydrogen) atoms. The van der Waals surface area contributed by atoms with Crippen LogP contribution in [0, 0.1) is 0 Å². The number of nitrogens with zero attached hydrogens (tertiary/aromatic N) is 4. The van der Waals surface area contributed by atoms with Crippen molar-refractivity contribution >= 4 is 41.1 Å². The summed E-state index contributed by atoms with van der Waals surface area (Å²) in [5.41, 5.74) is 3.82. The van der Waals surface area contributed by atoms with Crippen LogP contribution in [-0.4, -0.2) is 52.6 Å². The first-order valence-corrected chi connectivity index (χ1v) is 13.7. The summed E-state index contributed by atoms with van der Waals surface area (Å²) in [6, 6.07) is 15.5. The molecule has 8 heteroatoms. The molecule has 0 bridgehead atoms. The fraction of sp³-hybridized carbons (Fsp3) is 0.385. The maximum Gasteiger partial charge on any atom is 0.341 e. The van der Waals surface area contributed by atoms with E-state index in [4.69, 9.17) is 4.74 Å². The number of hydrogen-bond donors (Lipinski definition) is 0. The van der Waals surface area contributed by atoms with Crippen LogP contribution in [-0.2, 0) is 4.74 Å². The number of rotatable bonds is 8. The van der Waals surface area contributed by atoms with Gasteiger partial charge in [-0.2, -0.15) is 5.10 Å². The summed E-state index contributed by atoms with van der Waals surface area (Å²) >= 11 is 3.47. The minimum Gasteiger partial charge on any atom is -0.462 e. The van der Waals surface area contributed by atoms with Crippen LogP contribution in [0.25, 0.3) is 5.69 Å². The third-order valence-electron chi connectivity index (χ3n) is 6.00. The SMILES string of the molecule is CCCCC1CN(c2ccccc2)c2cc(SC)c(-n3cc(C(=O)OCC)cn3)cc2SN1C. The number of ether oxygens (including phenoxy) is 1. The minimum atomic E-state index is -0.350. The van der Waals surface area contributed by atoms with Gasteiger partial charge in [-0.1, -0.05) is 38.0 Å². The van der Waals surface area contributed by atoms with E-state index in [9.17, 15) is 4.79 Å². The Morgan fingerprint density at radius 2 is 2.00 bits per heavy atom. The largest absolute Gasteiger partial charge is 0.462 e. The molecule has 1 aromatic heterocycles. The van der Waals surface area contributed by atoms with Crippen LogP contribution in [0.5, 0.6) is 0 Å². The molecule has 0 saturated carbocycles. The van der Waals surface area contributed by atoms with Crippen molar-refractivity contribution < 1.29 is 9.53 Å². The van der Waals surface area contributed by atoms with Crippen molar-refractivity contribution in [1.29, 1.82) is 0 Å². The smallest absolute Gasteiger partial charge is 0.341 e. The molecule has 1 atom stereocenters. The number of likely N-dealkylation sites (N-methyl/N-ethyl adjacent to an activating group) is 1. The second-order valence-electron chi connectivity index (χ2n) is 8.27. The van der Waals surface area contributed by atoms with Gasteiger partial charge < -0.3 is 9.64 Å². The molecule has 1 unspecified atom stereocenters. The summed E-state index contributed by atoms with van der Waals surface area (Å²) in [6.45, 7) is 5.33. The summed E-state index contributed by atoms with van der Waals surface area (Å²) in [4.78, 5) is 16.9. The lowest BCUT2D eigenvalue weighted by Crippen LogP contribution is -2.35. The molecule has 0 saturated heterocycles. The minimum absolute atomic E-state index is 0.344. The van der Waals surface area contributed by atoms with E-state index in [0.29, 0.717) is 18.2 Å². The lowest BCUT2D eigenvalue weighted by molar-refractivity contribution is 0.0526. The molecule has 0 amide bonds. The number of thioether (sulfide) groups is 1. The van der Waals surface area contributed by atoms with E-state index in [2.05, 4.69) is 77.0 Å². The standard InChI is InChI=1S/C26H32N4O2S2/c1-5-7-11-21-18-29(20-12-9-8-10-13-20)22-14-24(33-4)23(15-25(22)34-28(21)3)30-17-19(16-27-30)26(31)32-6-2/h8-10,12-17,21H,5-7,11,18H2,1-4H3. The number of fused-ring (bicyclic) bond motifs is 1. The molecule has 0 fully saturated rings. The quantitative estimate of drug-likeness (QED) is 0.203. The Hall–Kier alpha value is -2.42. The first kappa shape index (κ1) is 24.7. The summed E-state index contributed by atoms with van der Waals surface area (Å²) in [7, 11) is 2.19. The zero-order chi connectivity index (χ0) is 24.1. The summed E-state index contributed by atoms with van der Waals surface area (Å²) < 4.78 is 9.33. The van der Waals surface area contributed by atoms with Gasteiger partial charge in [-0.15, -0.1) is 11.8 Å². The number of para-hydroxylation sites is 1. The van der Waals surface area contributed by atoms with E-state index in [0.717, 1.165) is 23.5 Å². The van der Waals surface area contributed by atoms with E-state index in [1.54, 1.807) is 47.7 Å². The molecule has 0 spiro atoms. The lowest BCUT2D eigenvalue weighted by atomic mass is 10.1. The number of aromatic nitrogens is 2. The van der Waals surface area contributed by atoms with Crippen molar-refractivity contribution in [3.05, 3.63) is 60.4 Å². The molecule has 6 nitrogen and oxygen atoms in total. The van der Waals surface area contributed by atoms with Crippen molar-refractivity contribution in [3.8, 4) is 5.69 Å². The Balaban J connectivity index is 1.79. The predicted molar refractivity (Wildman–Crippen MR) is 142 cm³/mol. The van der Waals surface area contributed by atoms with Crippen molar-refractivity contribution in [2.24, 2.45) is 0 Å². The maximum atomic E-state index is 12.2. The van der Waals surface area contributed by atoms with E-state index >= 15 is 0 Å². The van der Waals surface area contributed by atoms with Gasteiger partial charge in [0.25, 0.3) is 0 Å². The number of unbranched alkanes of at least 4 members (excludes halogenated alkanes) is 1. The van der Waals surface area contributed by atoms with Crippen LogP contribution in [0.3, 0.4) is 0 Å². The highest BCUT2D eigenvalue weighted by atomic mass is 32.2. The second kappa shape index (κ2) is 11.3. The number of carbonyl (C=O) groups is 1. The van der Waals surface area contributed by atoms with Gasteiger partial charge in [0.15, 0.2) is 0 Å². The number of carbonyl (C=O) groups excluding carboxylic acids is 1. The molecule has 3 aromatic rings. The summed E-state index contributed by atoms with van der Waals surface area (Å²) in [5.74, 6) is -0.350. The van der Waals surface area contributed by atoms with Gasteiger partial charge in [-0.05, 0) is 62.9 Å². The zero-order valence-corrected chi connectivity index (χ0v) is 21.9. The Morgan fingerprint density at radius 3 is 2.71 bits per heavy atom. The molecular formula is C26H32N4O2S2. The van der Waals surface area contributed by atoms with E-state index < -0.39 is 0 Å². The van der Waals surface area contributed by atoms with Crippen LogP contribution >= 0.6 is 23.7 Å². The number of benzene rings is 2. The highest BCUT2D eigenvalue weighted by Gasteiger charge is 2.29. The Labute approximate surface area is 210 Å². The molecule has 0 aliphatic carbocycles.